The van der Waals surface area contributed by atoms with E-state index in [9.17, 15) is 4.79 Å². The minimum atomic E-state index is -0.322. The second-order valence-electron chi connectivity index (χ2n) is 5.65. The smallest absolute Gasteiger partial charge is 0.249 e. The number of imidazole rings is 1. The van der Waals surface area contributed by atoms with Crippen molar-refractivity contribution in [1.82, 2.24) is 14.9 Å². The Morgan fingerprint density at radius 2 is 2.20 bits per heavy atom. The summed E-state index contributed by atoms with van der Waals surface area (Å²) in [5.74, 6) is 1.11. The van der Waals surface area contributed by atoms with E-state index in [4.69, 9.17) is 9.47 Å². The average molecular weight is 279 g/mol. The molecule has 0 aromatic carbocycles. The van der Waals surface area contributed by atoms with Crippen LogP contribution in [0.15, 0.2) is 12.4 Å². The van der Waals surface area contributed by atoms with E-state index in [0.29, 0.717) is 13.2 Å². The van der Waals surface area contributed by atoms with Gasteiger partial charge in [-0.05, 0) is 18.8 Å². The number of amides is 1. The van der Waals surface area contributed by atoms with Crippen molar-refractivity contribution >= 4 is 5.91 Å². The minimum absolute atomic E-state index is 0.0234. The Morgan fingerprint density at radius 3 is 2.85 bits per heavy atom. The van der Waals surface area contributed by atoms with Crippen molar-refractivity contribution < 1.29 is 14.3 Å². The summed E-state index contributed by atoms with van der Waals surface area (Å²) in [5.41, 5.74) is 0. The van der Waals surface area contributed by atoms with Crippen LogP contribution in [0.5, 0.6) is 0 Å². The van der Waals surface area contributed by atoms with Gasteiger partial charge in [0, 0.05) is 32.7 Å². The van der Waals surface area contributed by atoms with E-state index in [2.05, 4.69) is 17.2 Å². The summed E-state index contributed by atoms with van der Waals surface area (Å²) in [4.78, 5) is 16.6. The first-order valence-corrected chi connectivity index (χ1v) is 7.17. The molecule has 1 aromatic heterocycles. The van der Waals surface area contributed by atoms with Crippen LogP contribution in [-0.2, 0) is 21.3 Å². The Kier molecular flexibility index (Phi) is 3.76. The zero-order chi connectivity index (χ0) is 14.1. The molecule has 1 amide bonds. The van der Waals surface area contributed by atoms with E-state index in [1.165, 1.54) is 0 Å². The van der Waals surface area contributed by atoms with Gasteiger partial charge in [0.15, 0.2) is 0 Å². The number of rotatable bonds is 3. The first kappa shape index (κ1) is 13.6. The normalized spacial score (nSPS) is 33.5. The van der Waals surface area contributed by atoms with Crippen LogP contribution in [0.1, 0.15) is 31.7 Å². The van der Waals surface area contributed by atoms with E-state index in [-0.39, 0.29) is 30.1 Å². The summed E-state index contributed by atoms with van der Waals surface area (Å²) in [6.07, 6.45) is 4.90. The van der Waals surface area contributed by atoms with Crippen molar-refractivity contribution in [3.63, 3.8) is 0 Å². The van der Waals surface area contributed by atoms with Crippen molar-refractivity contribution in [2.45, 2.75) is 38.0 Å². The van der Waals surface area contributed by atoms with Gasteiger partial charge < -0.3 is 19.4 Å². The maximum absolute atomic E-state index is 12.3. The Morgan fingerprint density at radius 1 is 1.40 bits per heavy atom. The molecule has 6 heteroatoms. The van der Waals surface area contributed by atoms with Crippen LogP contribution in [0.4, 0.5) is 0 Å². The van der Waals surface area contributed by atoms with Gasteiger partial charge in [-0.2, -0.15) is 0 Å². The number of nitrogens with one attached hydrogen (secondary N) is 1. The van der Waals surface area contributed by atoms with Crippen LogP contribution >= 0.6 is 0 Å². The van der Waals surface area contributed by atoms with E-state index in [1.54, 1.807) is 6.20 Å². The fraction of sp³-hybridized carbons (Fsp3) is 0.714. The molecule has 0 radical (unpaired) electrons. The molecule has 1 N–H and O–H groups in total. The highest BCUT2D eigenvalue weighted by Gasteiger charge is 2.37. The molecule has 110 valence electrons. The van der Waals surface area contributed by atoms with Gasteiger partial charge in [-0.25, -0.2) is 4.98 Å². The molecule has 1 aromatic rings. The first-order valence-electron chi connectivity index (χ1n) is 7.17. The van der Waals surface area contributed by atoms with Gasteiger partial charge in [0.1, 0.15) is 18.0 Å². The molecule has 2 aliphatic rings. The van der Waals surface area contributed by atoms with Crippen molar-refractivity contribution in [1.29, 1.82) is 0 Å². The number of carbonyl (C=O) groups excluding carboxylic acids is 1. The monoisotopic (exact) mass is 279 g/mol. The molecule has 0 bridgehead atoms. The second-order valence-corrected chi connectivity index (χ2v) is 5.65. The molecule has 20 heavy (non-hydrogen) atoms. The molecule has 0 saturated carbocycles. The third kappa shape index (κ3) is 2.45. The molecule has 6 nitrogen and oxygen atoms in total. The van der Waals surface area contributed by atoms with Gasteiger partial charge >= 0.3 is 0 Å². The first-order chi connectivity index (χ1) is 9.66. The Balaban J connectivity index is 1.67. The van der Waals surface area contributed by atoms with E-state index in [0.717, 1.165) is 18.7 Å². The van der Waals surface area contributed by atoms with Gasteiger partial charge in [-0.3, -0.25) is 4.79 Å². The third-order valence-electron chi connectivity index (χ3n) is 4.18. The second kappa shape index (κ2) is 5.54. The summed E-state index contributed by atoms with van der Waals surface area (Å²) >= 11 is 0. The number of hydrogen-bond donors (Lipinski definition) is 1. The highest BCUT2D eigenvalue weighted by molar-refractivity contribution is 5.81. The lowest BCUT2D eigenvalue weighted by molar-refractivity contribution is -0.132. The van der Waals surface area contributed by atoms with Crippen molar-refractivity contribution in [3.05, 3.63) is 18.2 Å². The fourth-order valence-corrected chi connectivity index (χ4v) is 2.94. The Hall–Kier alpha value is -1.40. The predicted molar refractivity (Wildman–Crippen MR) is 72.0 cm³/mol. The number of ether oxygens (including phenoxy) is 2. The van der Waals surface area contributed by atoms with Gasteiger partial charge in [-0.1, -0.05) is 6.92 Å². The summed E-state index contributed by atoms with van der Waals surface area (Å²) in [7, 11) is 1.94. The molecule has 3 rings (SSSR count). The lowest BCUT2D eigenvalue weighted by Crippen LogP contribution is -2.44. The number of nitrogens with zero attached hydrogens (tertiary/aromatic N) is 2. The highest BCUT2D eigenvalue weighted by Crippen LogP contribution is 2.28. The average Bonchev–Trinajstić information content (AvgIpc) is 3.10. The third-order valence-corrected chi connectivity index (χ3v) is 4.18. The molecule has 4 atom stereocenters. The van der Waals surface area contributed by atoms with Gasteiger partial charge in [0.25, 0.3) is 0 Å². The number of aryl methyl sites for hydroxylation is 1. The number of carbonyl (C=O) groups is 1. The van der Waals surface area contributed by atoms with Crippen LogP contribution in [-0.4, -0.2) is 40.8 Å². The standard InChI is InChI=1S/C14H21N3O3/c1-9-3-7-19-11(9)14(18)16-10-4-8-20-12(10)13-15-5-6-17(13)2/h5-6,9-12H,3-4,7-8H2,1-2H3,(H,16,18)/t9-,10-,11+,12-/m0/s1. The molecule has 2 saturated heterocycles. The Bertz CT molecular complexity index is 488. The Labute approximate surface area is 118 Å². The van der Waals surface area contributed by atoms with E-state index < -0.39 is 0 Å². The summed E-state index contributed by atoms with van der Waals surface area (Å²) in [6, 6.07) is -0.0278. The van der Waals surface area contributed by atoms with Gasteiger partial charge in [0.05, 0.1) is 6.04 Å². The summed E-state index contributed by atoms with van der Waals surface area (Å²) in [6.45, 7) is 3.37. The number of hydrogen-bond acceptors (Lipinski definition) is 4. The molecule has 0 unspecified atom stereocenters. The van der Waals surface area contributed by atoms with E-state index in [1.807, 2.05) is 17.8 Å². The molecular weight excluding hydrogens is 258 g/mol. The van der Waals surface area contributed by atoms with Crippen molar-refractivity contribution in [3.8, 4) is 0 Å². The topological polar surface area (TPSA) is 65.4 Å². The van der Waals surface area contributed by atoms with Crippen LogP contribution in [0, 0.1) is 5.92 Å². The molecule has 3 heterocycles. The number of aromatic nitrogens is 2. The summed E-state index contributed by atoms with van der Waals surface area (Å²) < 4.78 is 13.2. The van der Waals surface area contributed by atoms with Gasteiger partial charge in [-0.15, -0.1) is 0 Å². The van der Waals surface area contributed by atoms with Crippen LogP contribution in [0.25, 0.3) is 0 Å². The largest absolute Gasteiger partial charge is 0.368 e. The molecular formula is C14H21N3O3. The zero-order valence-electron chi connectivity index (χ0n) is 11.9. The fourth-order valence-electron chi connectivity index (χ4n) is 2.94. The van der Waals surface area contributed by atoms with E-state index >= 15 is 0 Å². The SMILES string of the molecule is C[C@H]1CCO[C@H]1C(=O)N[C@H]1CCO[C@@H]1c1nccn1C. The summed E-state index contributed by atoms with van der Waals surface area (Å²) in [5, 5.41) is 3.07. The molecule has 0 aliphatic carbocycles. The van der Waals surface area contributed by atoms with Crippen LogP contribution in [0.3, 0.4) is 0 Å². The van der Waals surface area contributed by atoms with Crippen molar-refractivity contribution in [2.24, 2.45) is 13.0 Å². The molecule has 0 spiro atoms. The van der Waals surface area contributed by atoms with Crippen LogP contribution in [0.2, 0.25) is 0 Å². The molecule has 2 aliphatic heterocycles. The van der Waals surface area contributed by atoms with Crippen LogP contribution < -0.4 is 5.32 Å². The quantitative estimate of drug-likeness (QED) is 0.888. The highest BCUT2D eigenvalue weighted by atomic mass is 16.5. The maximum atomic E-state index is 12.3. The van der Waals surface area contributed by atoms with Crippen molar-refractivity contribution in [2.75, 3.05) is 13.2 Å². The zero-order valence-corrected chi connectivity index (χ0v) is 11.9. The lowest BCUT2D eigenvalue weighted by atomic mass is 10.0. The lowest BCUT2D eigenvalue weighted by Gasteiger charge is -2.22. The van der Waals surface area contributed by atoms with Gasteiger partial charge in [0.2, 0.25) is 5.91 Å². The maximum Gasteiger partial charge on any atom is 0.249 e. The minimum Gasteiger partial charge on any atom is -0.368 e. The molecule has 2 fully saturated rings. The predicted octanol–water partition coefficient (Wildman–Crippen LogP) is 0.791.